The average Bonchev–Trinajstić information content (AvgIpc) is 2.60. The van der Waals surface area contributed by atoms with Crippen LogP contribution in [0.2, 0.25) is 10.0 Å². The Kier molecular flexibility index (Phi) is 9.02. The van der Waals surface area contributed by atoms with Gasteiger partial charge in [0, 0.05) is 28.8 Å². The van der Waals surface area contributed by atoms with Gasteiger partial charge in [-0.2, -0.15) is 0 Å². The van der Waals surface area contributed by atoms with E-state index in [-0.39, 0.29) is 13.2 Å². The van der Waals surface area contributed by atoms with Crippen LogP contribution < -0.4 is 14.8 Å². The summed E-state index contributed by atoms with van der Waals surface area (Å²) in [5.74, 6) is 1.27. The van der Waals surface area contributed by atoms with E-state index >= 15 is 0 Å². The molecule has 26 heavy (non-hydrogen) atoms. The van der Waals surface area contributed by atoms with Crippen molar-refractivity contribution in [1.82, 2.24) is 5.32 Å². The third kappa shape index (κ3) is 6.03. The van der Waals surface area contributed by atoms with Crippen molar-refractivity contribution < 1.29 is 14.6 Å². The van der Waals surface area contributed by atoms with Crippen LogP contribution in [0, 0.1) is 0 Å². The van der Waals surface area contributed by atoms with Crippen molar-refractivity contribution in [2.45, 2.75) is 26.5 Å². The second-order valence-corrected chi connectivity index (χ2v) is 7.25. The molecule has 0 aliphatic carbocycles. The van der Waals surface area contributed by atoms with Crippen molar-refractivity contribution in [3.8, 4) is 11.5 Å². The van der Waals surface area contributed by atoms with Crippen LogP contribution in [0.1, 0.15) is 24.5 Å². The normalized spacial score (nSPS) is 10.8. The summed E-state index contributed by atoms with van der Waals surface area (Å²) in [5, 5.41) is 13.3. The van der Waals surface area contributed by atoms with Gasteiger partial charge in [-0.1, -0.05) is 29.3 Å². The fourth-order valence-corrected chi connectivity index (χ4v) is 3.49. The van der Waals surface area contributed by atoms with E-state index in [1.807, 2.05) is 19.1 Å². The summed E-state index contributed by atoms with van der Waals surface area (Å²) in [5.41, 5.74) is 1.79. The first-order valence-corrected chi connectivity index (χ1v) is 9.94. The number of rotatable bonds is 10. The lowest BCUT2D eigenvalue weighted by Gasteiger charge is -2.16. The number of hydrogen-bond acceptors (Lipinski definition) is 4. The van der Waals surface area contributed by atoms with Crippen LogP contribution in [-0.4, -0.2) is 24.9 Å². The molecule has 2 aromatic carbocycles. The van der Waals surface area contributed by atoms with Gasteiger partial charge in [-0.3, -0.25) is 0 Å². The number of nitrogens with one attached hydrogen (secondary N) is 1. The van der Waals surface area contributed by atoms with Crippen LogP contribution in [0.25, 0.3) is 0 Å². The molecule has 0 amide bonds. The van der Waals surface area contributed by atoms with E-state index < -0.39 is 0 Å². The van der Waals surface area contributed by atoms with Crippen LogP contribution in [-0.2, 0) is 13.2 Å². The smallest absolute Gasteiger partial charge is 0.175 e. The van der Waals surface area contributed by atoms with Gasteiger partial charge in [-0.15, -0.1) is 0 Å². The lowest BCUT2D eigenvalue weighted by molar-refractivity contribution is 0.267. The number of ether oxygens (including phenoxy) is 2. The average molecular weight is 463 g/mol. The molecule has 0 spiro atoms. The Morgan fingerprint density at radius 2 is 1.88 bits per heavy atom. The highest BCUT2D eigenvalue weighted by atomic mass is 79.9. The number of aliphatic hydroxyl groups is 1. The SMILES string of the molecule is CCOc1cc(CNCCCO)cc(Br)c1OCc1c(Cl)cccc1Cl. The van der Waals surface area contributed by atoms with Crippen LogP contribution >= 0.6 is 39.1 Å². The first-order chi connectivity index (χ1) is 12.6. The zero-order valence-electron chi connectivity index (χ0n) is 14.5. The monoisotopic (exact) mass is 461 g/mol. The molecular formula is C19H22BrCl2NO3. The summed E-state index contributed by atoms with van der Waals surface area (Å²) in [6.45, 7) is 4.30. The number of hydrogen-bond donors (Lipinski definition) is 2. The summed E-state index contributed by atoms with van der Waals surface area (Å²) >= 11 is 16.0. The van der Waals surface area contributed by atoms with Crippen LogP contribution in [0.5, 0.6) is 11.5 Å². The highest BCUT2D eigenvalue weighted by molar-refractivity contribution is 9.10. The van der Waals surface area contributed by atoms with Crippen LogP contribution in [0.3, 0.4) is 0 Å². The van der Waals surface area contributed by atoms with E-state index in [4.69, 9.17) is 37.8 Å². The topological polar surface area (TPSA) is 50.7 Å². The molecule has 0 aliphatic heterocycles. The molecule has 142 valence electrons. The van der Waals surface area contributed by atoms with Gasteiger partial charge in [0.1, 0.15) is 6.61 Å². The molecule has 0 unspecified atom stereocenters. The zero-order chi connectivity index (χ0) is 18.9. The van der Waals surface area contributed by atoms with Crippen molar-refractivity contribution in [2.24, 2.45) is 0 Å². The molecule has 0 radical (unpaired) electrons. The number of aliphatic hydroxyl groups excluding tert-OH is 1. The second kappa shape index (κ2) is 11.0. The molecule has 0 heterocycles. The van der Waals surface area contributed by atoms with Crippen molar-refractivity contribution in [1.29, 1.82) is 0 Å². The fraction of sp³-hybridized carbons (Fsp3) is 0.368. The molecule has 0 bridgehead atoms. The quantitative estimate of drug-likeness (QED) is 0.476. The Hall–Kier alpha value is -0.980. The Morgan fingerprint density at radius 1 is 1.15 bits per heavy atom. The molecule has 0 aromatic heterocycles. The third-order valence-electron chi connectivity index (χ3n) is 3.63. The first-order valence-electron chi connectivity index (χ1n) is 8.39. The standard InChI is InChI=1S/C19H22BrCl2NO3/c1-2-25-18-10-13(11-23-7-4-8-24)9-15(20)19(18)26-12-14-16(21)5-3-6-17(14)22/h3,5-6,9-10,23-24H,2,4,7-8,11-12H2,1H3. The zero-order valence-corrected chi connectivity index (χ0v) is 17.6. The second-order valence-electron chi connectivity index (χ2n) is 5.58. The van der Waals surface area contributed by atoms with Crippen LogP contribution in [0.15, 0.2) is 34.8 Å². The first kappa shape index (κ1) is 21.3. The summed E-state index contributed by atoms with van der Waals surface area (Å²) in [6, 6.07) is 9.30. The van der Waals surface area contributed by atoms with Gasteiger partial charge < -0.3 is 19.9 Å². The number of halogens is 3. The molecule has 0 atom stereocenters. The van der Waals surface area contributed by atoms with E-state index in [2.05, 4.69) is 21.2 Å². The molecule has 0 saturated heterocycles. The summed E-state index contributed by atoms with van der Waals surface area (Å²) < 4.78 is 12.5. The number of benzene rings is 2. The summed E-state index contributed by atoms with van der Waals surface area (Å²) in [6.07, 6.45) is 0.722. The van der Waals surface area contributed by atoms with Crippen LogP contribution in [0.4, 0.5) is 0 Å². The molecule has 2 N–H and O–H groups in total. The maximum absolute atomic E-state index is 8.85. The minimum atomic E-state index is 0.179. The molecule has 2 aromatic rings. The predicted octanol–water partition coefficient (Wildman–Crippen LogP) is 5.21. The third-order valence-corrected chi connectivity index (χ3v) is 4.93. The van der Waals surface area contributed by atoms with Gasteiger partial charge in [0.15, 0.2) is 11.5 Å². The molecule has 0 saturated carbocycles. The molecule has 7 heteroatoms. The van der Waals surface area contributed by atoms with E-state index in [1.54, 1.807) is 18.2 Å². The highest BCUT2D eigenvalue weighted by Gasteiger charge is 2.14. The van der Waals surface area contributed by atoms with E-state index in [9.17, 15) is 0 Å². The van der Waals surface area contributed by atoms with Crippen molar-refractivity contribution in [3.05, 3.63) is 56.0 Å². The molecular weight excluding hydrogens is 441 g/mol. The van der Waals surface area contributed by atoms with E-state index in [0.29, 0.717) is 34.7 Å². The fourth-order valence-electron chi connectivity index (χ4n) is 2.38. The van der Waals surface area contributed by atoms with E-state index in [0.717, 1.165) is 28.6 Å². The molecule has 0 aliphatic rings. The Bertz CT molecular complexity index is 708. The highest BCUT2D eigenvalue weighted by Crippen LogP contribution is 2.38. The van der Waals surface area contributed by atoms with Gasteiger partial charge in [0.05, 0.1) is 11.1 Å². The lowest BCUT2D eigenvalue weighted by Crippen LogP contribution is -2.16. The van der Waals surface area contributed by atoms with Gasteiger partial charge >= 0.3 is 0 Å². The van der Waals surface area contributed by atoms with E-state index in [1.165, 1.54) is 0 Å². The molecule has 4 nitrogen and oxygen atoms in total. The summed E-state index contributed by atoms with van der Waals surface area (Å²) in [4.78, 5) is 0. The molecule has 2 rings (SSSR count). The van der Waals surface area contributed by atoms with Gasteiger partial charge in [0.25, 0.3) is 0 Å². The Balaban J connectivity index is 2.16. The lowest BCUT2D eigenvalue weighted by atomic mass is 10.2. The van der Waals surface area contributed by atoms with Gasteiger partial charge in [0.2, 0.25) is 0 Å². The Morgan fingerprint density at radius 3 is 2.54 bits per heavy atom. The van der Waals surface area contributed by atoms with Crippen molar-refractivity contribution >= 4 is 39.1 Å². The van der Waals surface area contributed by atoms with Gasteiger partial charge in [-0.05, 0) is 65.6 Å². The predicted molar refractivity (Wildman–Crippen MR) is 110 cm³/mol. The minimum absolute atomic E-state index is 0.179. The maximum atomic E-state index is 8.85. The summed E-state index contributed by atoms with van der Waals surface area (Å²) in [7, 11) is 0. The van der Waals surface area contributed by atoms with Gasteiger partial charge in [-0.25, -0.2) is 0 Å². The molecule has 0 fully saturated rings. The largest absolute Gasteiger partial charge is 0.490 e. The van der Waals surface area contributed by atoms with Crippen molar-refractivity contribution in [3.63, 3.8) is 0 Å². The van der Waals surface area contributed by atoms with Crippen molar-refractivity contribution in [2.75, 3.05) is 19.8 Å². The minimum Gasteiger partial charge on any atom is -0.490 e. The maximum Gasteiger partial charge on any atom is 0.175 e. The Labute approximate surface area is 172 Å².